The molecular weight excluding hydrogens is 305 g/mol. The highest BCUT2D eigenvalue weighted by Gasteiger charge is 2.14. The molecule has 1 atom stereocenters. The summed E-state index contributed by atoms with van der Waals surface area (Å²) < 4.78 is 25.0. The molecule has 0 bridgehead atoms. The molecule has 0 spiro atoms. The van der Waals surface area contributed by atoms with Gasteiger partial charge in [0.2, 0.25) is 0 Å². The van der Waals surface area contributed by atoms with E-state index in [2.05, 4.69) is 0 Å². The lowest BCUT2D eigenvalue weighted by molar-refractivity contribution is 0.276. The summed E-state index contributed by atoms with van der Waals surface area (Å²) in [4.78, 5) is 0. The van der Waals surface area contributed by atoms with Gasteiger partial charge in [0.1, 0.15) is 12.4 Å². The first kappa shape index (κ1) is 16.6. The minimum Gasteiger partial charge on any atom is -0.493 e. The van der Waals surface area contributed by atoms with E-state index in [4.69, 9.17) is 26.8 Å². The zero-order chi connectivity index (χ0) is 16.1. The van der Waals surface area contributed by atoms with Crippen LogP contribution in [0.25, 0.3) is 0 Å². The second-order valence-electron chi connectivity index (χ2n) is 5.12. The molecule has 0 radical (unpaired) electrons. The van der Waals surface area contributed by atoms with Gasteiger partial charge in [0.05, 0.1) is 12.1 Å². The Balaban J connectivity index is 2.28. The van der Waals surface area contributed by atoms with Gasteiger partial charge >= 0.3 is 0 Å². The van der Waals surface area contributed by atoms with Crippen molar-refractivity contribution in [3.8, 4) is 11.5 Å². The Hall–Kier alpha value is -1.78. The molecule has 5 heteroatoms. The molecule has 3 nitrogen and oxygen atoms in total. The minimum atomic E-state index is -0.392. The third-order valence-corrected chi connectivity index (χ3v) is 3.60. The molecule has 2 rings (SSSR count). The Bertz CT molecular complexity index is 626. The first-order valence-electron chi connectivity index (χ1n) is 7.00. The Labute approximate surface area is 134 Å². The first-order chi connectivity index (χ1) is 10.5. The number of hydrogen-bond acceptors (Lipinski definition) is 3. The molecule has 0 aromatic heterocycles. The lowest BCUT2D eigenvalue weighted by Gasteiger charge is -2.17. The quantitative estimate of drug-likeness (QED) is 0.875. The lowest BCUT2D eigenvalue weighted by atomic mass is 10.1. The summed E-state index contributed by atoms with van der Waals surface area (Å²) in [6.07, 6.45) is 0.636. The van der Waals surface area contributed by atoms with Crippen LogP contribution in [-0.4, -0.2) is 13.2 Å². The summed E-state index contributed by atoms with van der Waals surface area (Å²) in [7, 11) is 1.56. The molecule has 0 heterocycles. The van der Waals surface area contributed by atoms with Crippen LogP contribution in [0.1, 0.15) is 18.1 Å². The fraction of sp³-hybridized carbons (Fsp3) is 0.294. The van der Waals surface area contributed by atoms with E-state index in [0.717, 1.165) is 5.56 Å². The van der Waals surface area contributed by atoms with Gasteiger partial charge < -0.3 is 15.2 Å². The van der Waals surface area contributed by atoms with Crippen LogP contribution in [0.5, 0.6) is 11.5 Å². The average molecular weight is 324 g/mol. The maximum Gasteiger partial charge on any atom is 0.164 e. The molecule has 0 aliphatic rings. The van der Waals surface area contributed by atoms with Crippen molar-refractivity contribution in [1.29, 1.82) is 0 Å². The molecule has 2 N–H and O–H groups in total. The van der Waals surface area contributed by atoms with Gasteiger partial charge in [-0.2, -0.15) is 0 Å². The number of benzene rings is 2. The van der Waals surface area contributed by atoms with Crippen LogP contribution >= 0.6 is 11.6 Å². The van der Waals surface area contributed by atoms with E-state index >= 15 is 0 Å². The van der Waals surface area contributed by atoms with Crippen molar-refractivity contribution in [2.75, 3.05) is 7.11 Å². The lowest BCUT2D eigenvalue weighted by Crippen LogP contribution is -2.18. The summed E-state index contributed by atoms with van der Waals surface area (Å²) in [6.45, 7) is 1.94. The van der Waals surface area contributed by atoms with Gasteiger partial charge in [-0.3, -0.25) is 0 Å². The molecule has 0 saturated heterocycles. The maximum atomic E-state index is 13.8. The molecule has 22 heavy (non-hydrogen) atoms. The number of ether oxygens (including phenoxy) is 2. The predicted octanol–water partition coefficient (Wildman–Crippen LogP) is 3.96. The summed E-state index contributed by atoms with van der Waals surface area (Å²) in [6, 6.07) is 10.1. The van der Waals surface area contributed by atoms with E-state index in [1.807, 2.05) is 19.1 Å². The zero-order valence-electron chi connectivity index (χ0n) is 12.6. The highest BCUT2D eigenvalue weighted by Crippen LogP contribution is 2.33. The largest absolute Gasteiger partial charge is 0.493 e. The molecule has 0 fully saturated rings. The van der Waals surface area contributed by atoms with Gasteiger partial charge in [0.15, 0.2) is 11.5 Å². The smallest absolute Gasteiger partial charge is 0.164 e. The van der Waals surface area contributed by atoms with Crippen molar-refractivity contribution >= 4 is 11.6 Å². The van der Waals surface area contributed by atoms with E-state index in [1.165, 1.54) is 6.07 Å². The van der Waals surface area contributed by atoms with Crippen LogP contribution in [-0.2, 0) is 13.0 Å². The second kappa shape index (κ2) is 7.47. The number of para-hydroxylation sites is 1. The first-order valence-corrected chi connectivity index (χ1v) is 7.38. The number of nitrogens with two attached hydrogens (primary N) is 1. The van der Waals surface area contributed by atoms with Gasteiger partial charge in [-0.15, -0.1) is 0 Å². The minimum absolute atomic E-state index is 0.0218. The van der Waals surface area contributed by atoms with Gasteiger partial charge in [0.25, 0.3) is 0 Å². The Morgan fingerprint density at radius 2 is 1.95 bits per heavy atom. The average Bonchev–Trinajstić information content (AvgIpc) is 2.47. The fourth-order valence-electron chi connectivity index (χ4n) is 2.21. The van der Waals surface area contributed by atoms with E-state index in [-0.39, 0.29) is 12.6 Å². The van der Waals surface area contributed by atoms with Crippen LogP contribution in [0.2, 0.25) is 5.02 Å². The van der Waals surface area contributed by atoms with E-state index < -0.39 is 5.82 Å². The van der Waals surface area contributed by atoms with Gasteiger partial charge in [-0.1, -0.05) is 29.8 Å². The van der Waals surface area contributed by atoms with Crippen molar-refractivity contribution < 1.29 is 13.9 Å². The highest BCUT2D eigenvalue weighted by atomic mass is 35.5. The van der Waals surface area contributed by atoms with Crippen LogP contribution in [0, 0.1) is 5.82 Å². The van der Waals surface area contributed by atoms with Gasteiger partial charge in [0, 0.05) is 11.6 Å². The normalized spacial score (nSPS) is 12.0. The monoisotopic (exact) mass is 323 g/mol. The molecule has 0 aliphatic carbocycles. The van der Waals surface area contributed by atoms with Crippen LogP contribution in [0.15, 0.2) is 36.4 Å². The van der Waals surface area contributed by atoms with Crippen molar-refractivity contribution in [2.45, 2.75) is 26.0 Å². The molecule has 0 aliphatic heterocycles. The Kier molecular flexibility index (Phi) is 5.63. The SMILES string of the molecule is COc1cccc(CC(C)N)c1OCc1c(F)cccc1Cl. The summed E-state index contributed by atoms with van der Waals surface area (Å²) in [5.74, 6) is 0.767. The molecule has 2 aromatic carbocycles. The third-order valence-electron chi connectivity index (χ3n) is 3.24. The van der Waals surface area contributed by atoms with Crippen molar-refractivity contribution in [1.82, 2.24) is 0 Å². The summed E-state index contributed by atoms with van der Waals surface area (Å²) in [5.41, 5.74) is 7.10. The Morgan fingerprint density at radius 3 is 2.59 bits per heavy atom. The highest BCUT2D eigenvalue weighted by molar-refractivity contribution is 6.31. The van der Waals surface area contributed by atoms with Crippen LogP contribution < -0.4 is 15.2 Å². The molecule has 0 amide bonds. The number of methoxy groups -OCH3 is 1. The maximum absolute atomic E-state index is 13.8. The zero-order valence-corrected chi connectivity index (χ0v) is 13.4. The second-order valence-corrected chi connectivity index (χ2v) is 5.53. The van der Waals surface area contributed by atoms with E-state index in [1.54, 1.807) is 25.3 Å². The molecule has 0 saturated carbocycles. The molecular formula is C17H19ClFNO2. The molecule has 118 valence electrons. The topological polar surface area (TPSA) is 44.5 Å². The van der Waals surface area contributed by atoms with Crippen LogP contribution in [0.3, 0.4) is 0 Å². The van der Waals surface area contributed by atoms with Crippen molar-refractivity contribution in [3.05, 3.63) is 58.4 Å². The Morgan fingerprint density at radius 1 is 1.23 bits per heavy atom. The summed E-state index contributed by atoms with van der Waals surface area (Å²) in [5, 5.41) is 0.337. The van der Waals surface area contributed by atoms with Gasteiger partial charge in [-0.25, -0.2) is 4.39 Å². The third kappa shape index (κ3) is 3.90. The fourth-order valence-corrected chi connectivity index (χ4v) is 2.43. The number of hydrogen-bond donors (Lipinski definition) is 1. The van der Waals surface area contributed by atoms with Crippen molar-refractivity contribution in [3.63, 3.8) is 0 Å². The van der Waals surface area contributed by atoms with Crippen molar-refractivity contribution in [2.24, 2.45) is 5.73 Å². The number of halogens is 2. The predicted molar refractivity (Wildman–Crippen MR) is 86.1 cm³/mol. The van der Waals surface area contributed by atoms with Gasteiger partial charge in [-0.05, 0) is 37.1 Å². The van der Waals surface area contributed by atoms with E-state index in [0.29, 0.717) is 28.5 Å². The summed E-state index contributed by atoms with van der Waals surface area (Å²) >= 11 is 6.02. The number of rotatable bonds is 6. The van der Waals surface area contributed by atoms with E-state index in [9.17, 15) is 4.39 Å². The standard InChI is InChI=1S/C17H19ClFNO2/c1-11(20)9-12-5-3-8-16(21-2)17(12)22-10-13-14(18)6-4-7-15(13)19/h3-8,11H,9-10,20H2,1-2H3. The van der Waals surface area contributed by atoms with Crippen LogP contribution in [0.4, 0.5) is 4.39 Å². The molecule has 1 unspecified atom stereocenters. The molecule has 2 aromatic rings.